The van der Waals surface area contributed by atoms with Gasteiger partial charge in [0.2, 0.25) is 0 Å². The maximum atomic E-state index is 12.5. The van der Waals surface area contributed by atoms with Crippen molar-refractivity contribution in [1.29, 1.82) is 0 Å². The van der Waals surface area contributed by atoms with E-state index >= 15 is 0 Å². The highest BCUT2D eigenvalue weighted by Crippen LogP contribution is 2.24. The molecule has 134 valence electrons. The van der Waals surface area contributed by atoms with E-state index in [0.717, 1.165) is 22.5 Å². The van der Waals surface area contributed by atoms with Crippen molar-refractivity contribution < 1.29 is 13.2 Å². The average molecular weight is 387 g/mol. The van der Waals surface area contributed by atoms with Crippen molar-refractivity contribution in [3.05, 3.63) is 65.7 Å². The summed E-state index contributed by atoms with van der Waals surface area (Å²) in [5, 5.41) is 2.80. The van der Waals surface area contributed by atoms with Crippen molar-refractivity contribution >= 4 is 32.4 Å². The molecule has 0 atom stereocenters. The van der Waals surface area contributed by atoms with Gasteiger partial charge in [-0.05, 0) is 30.2 Å². The van der Waals surface area contributed by atoms with Crippen LogP contribution in [0.3, 0.4) is 0 Å². The van der Waals surface area contributed by atoms with E-state index in [0.29, 0.717) is 11.4 Å². The lowest BCUT2D eigenvalue weighted by Crippen LogP contribution is -2.21. The predicted molar refractivity (Wildman–Crippen MR) is 103 cm³/mol. The molecule has 1 aromatic heterocycles. The van der Waals surface area contributed by atoms with Crippen LogP contribution in [0, 0.1) is 0 Å². The average Bonchev–Trinajstić information content (AvgIpc) is 3.11. The summed E-state index contributed by atoms with van der Waals surface area (Å²) < 4.78 is 27.4. The number of sulfonamides is 1. The van der Waals surface area contributed by atoms with Crippen molar-refractivity contribution in [2.45, 2.75) is 11.8 Å². The minimum Gasteiger partial charge on any atom is -0.352 e. The number of nitrogens with one attached hydrogen (secondary N) is 2. The smallest absolute Gasteiger partial charge is 0.263 e. The lowest BCUT2D eigenvalue weighted by Gasteiger charge is -2.07. The molecule has 1 amide bonds. The number of benzene rings is 2. The molecule has 0 radical (unpaired) electrons. The molecular weight excluding hydrogens is 370 g/mol. The van der Waals surface area contributed by atoms with Crippen molar-refractivity contribution in [1.82, 2.24) is 10.3 Å². The summed E-state index contributed by atoms with van der Waals surface area (Å²) in [7, 11) is -3.77. The molecule has 1 heterocycles. The lowest BCUT2D eigenvalue weighted by atomic mass is 10.1. The maximum Gasteiger partial charge on any atom is 0.263 e. The molecule has 0 unspecified atom stereocenters. The first-order chi connectivity index (χ1) is 12.5. The van der Waals surface area contributed by atoms with Crippen LogP contribution in [-0.2, 0) is 10.0 Å². The van der Waals surface area contributed by atoms with E-state index in [-0.39, 0.29) is 15.9 Å². The van der Waals surface area contributed by atoms with Crippen molar-refractivity contribution in [2.24, 2.45) is 0 Å². The number of rotatable bonds is 6. The van der Waals surface area contributed by atoms with Gasteiger partial charge in [0.05, 0.1) is 11.1 Å². The Hall–Kier alpha value is -2.71. The van der Waals surface area contributed by atoms with Gasteiger partial charge in [-0.1, -0.05) is 53.8 Å². The van der Waals surface area contributed by atoms with E-state index in [1.807, 2.05) is 37.3 Å². The first-order valence-corrected chi connectivity index (χ1v) is 10.2. The summed E-state index contributed by atoms with van der Waals surface area (Å²) in [4.78, 5) is 16.2. The molecule has 8 heteroatoms. The van der Waals surface area contributed by atoms with Crippen LogP contribution in [-0.4, -0.2) is 25.9 Å². The van der Waals surface area contributed by atoms with E-state index in [4.69, 9.17) is 0 Å². The molecule has 0 bridgehead atoms. The van der Waals surface area contributed by atoms with Crippen LogP contribution in [0.4, 0.5) is 5.13 Å². The predicted octanol–water partition coefficient (Wildman–Crippen LogP) is 3.36. The number of nitrogens with zero attached hydrogens (tertiary/aromatic N) is 1. The fourth-order valence-corrected chi connectivity index (χ4v) is 4.28. The third kappa shape index (κ3) is 4.09. The second kappa shape index (κ2) is 7.67. The summed E-state index contributed by atoms with van der Waals surface area (Å²) in [5.41, 5.74) is 1.94. The van der Waals surface area contributed by atoms with Gasteiger partial charge in [0.25, 0.3) is 15.9 Å². The molecule has 6 nitrogen and oxygen atoms in total. The maximum absolute atomic E-state index is 12.5. The second-order valence-corrected chi connectivity index (χ2v) is 8.10. The number of amides is 1. The van der Waals surface area contributed by atoms with E-state index in [2.05, 4.69) is 15.0 Å². The SMILES string of the molecule is CCNC(=O)c1cnc(NS(=O)(=O)c2ccc(-c3ccccc3)cc2)s1. The fourth-order valence-electron chi connectivity index (χ4n) is 2.30. The van der Waals surface area contributed by atoms with Crippen molar-refractivity contribution in [3.8, 4) is 11.1 Å². The molecule has 3 aromatic rings. The van der Waals surface area contributed by atoms with E-state index < -0.39 is 10.0 Å². The number of thiazole rings is 1. The van der Waals surface area contributed by atoms with Crippen LogP contribution < -0.4 is 10.0 Å². The van der Waals surface area contributed by atoms with Crippen LogP contribution in [0.5, 0.6) is 0 Å². The van der Waals surface area contributed by atoms with Crippen LogP contribution in [0.15, 0.2) is 65.7 Å². The molecule has 3 rings (SSSR count). The third-order valence-electron chi connectivity index (χ3n) is 3.56. The number of carbonyl (C=O) groups excluding carboxylic acids is 1. The molecule has 0 saturated carbocycles. The summed E-state index contributed by atoms with van der Waals surface area (Å²) in [5.74, 6) is -0.275. The van der Waals surface area contributed by atoms with E-state index in [1.54, 1.807) is 24.3 Å². The number of carbonyl (C=O) groups is 1. The van der Waals surface area contributed by atoms with Gasteiger partial charge in [0, 0.05) is 6.54 Å². The number of anilines is 1. The quantitative estimate of drug-likeness (QED) is 0.679. The highest BCUT2D eigenvalue weighted by molar-refractivity contribution is 7.93. The molecular formula is C18H17N3O3S2. The Morgan fingerprint density at radius 3 is 2.35 bits per heavy atom. The van der Waals surface area contributed by atoms with Gasteiger partial charge in [-0.2, -0.15) is 0 Å². The zero-order chi connectivity index (χ0) is 18.6. The molecule has 0 spiro atoms. The Morgan fingerprint density at radius 1 is 1.04 bits per heavy atom. The lowest BCUT2D eigenvalue weighted by molar-refractivity contribution is 0.0959. The molecule has 26 heavy (non-hydrogen) atoms. The first kappa shape index (κ1) is 18.1. The van der Waals surface area contributed by atoms with E-state index in [9.17, 15) is 13.2 Å². The minimum absolute atomic E-state index is 0.131. The highest BCUT2D eigenvalue weighted by atomic mass is 32.2. The molecule has 2 aromatic carbocycles. The Kier molecular flexibility index (Phi) is 5.34. The van der Waals surface area contributed by atoms with Gasteiger partial charge in [-0.25, -0.2) is 13.4 Å². The normalized spacial score (nSPS) is 11.1. The number of aromatic nitrogens is 1. The van der Waals surface area contributed by atoms with Gasteiger partial charge in [-0.15, -0.1) is 0 Å². The van der Waals surface area contributed by atoms with Gasteiger partial charge in [0.15, 0.2) is 5.13 Å². The summed E-state index contributed by atoms with van der Waals surface area (Å²) in [6.07, 6.45) is 1.35. The van der Waals surface area contributed by atoms with Gasteiger partial charge in [0.1, 0.15) is 4.88 Å². The Morgan fingerprint density at radius 2 is 1.69 bits per heavy atom. The largest absolute Gasteiger partial charge is 0.352 e. The zero-order valence-corrected chi connectivity index (χ0v) is 15.6. The highest BCUT2D eigenvalue weighted by Gasteiger charge is 2.17. The van der Waals surface area contributed by atoms with E-state index in [1.165, 1.54) is 6.20 Å². The van der Waals surface area contributed by atoms with Crippen molar-refractivity contribution in [2.75, 3.05) is 11.3 Å². The van der Waals surface area contributed by atoms with Crippen molar-refractivity contribution in [3.63, 3.8) is 0 Å². The van der Waals surface area contributed by atoms with Gasteiger partial charge < -0.3 is 5.32 Å². The monoisotopic (exact) mass is 387 g/mol. The Balaban J connectivity index is 1.77. The number of hydrogen-bond donors (Lipinski definition) is 2. The molecule has 2 N–H and O–H groups in total. The van der Waals surface area contributed by atoms with Gasteiger partial charge >= 0.3 is 0 Å². The Bertz CT molecular complexity index is 998. The van der Waals surface area contributed by atoms with Crippen LogP contribution in [0.1, 0.15) is 16.6 Å². The second-order valence-electron chi connectivity index (χ2n) is 5.39. The van der Waals surface area contributed by atoms with Crippen LogP contribution in [0.25, 0.3) is 11.1 Å². The third-order valence-corrected chi connectivity index (χ3v) is 5.96. The molecule has 0 aliphatic carbocycles. The molecule has 0 aliphatic rings. The minimum atomic E-state index is -3.77. The Labute approximate surface area is 156 Å². The topological polar surface area (TPSA) is 88.2 Å². The first-order valence-electron chi connectivity index (χ1n) is 7.92. The molecule has 0 fully saturated rings. The summed E-state index contributed by atoms with van der Waals surface area (Å²) in [6.45, 7) is 2.30. The van der Waals surface area contributed by atoms with Gasteiger partial charge in [-0.3, -0.25) is 9.52 Å². The molecule has 0 aliphatic heterocycles. The number of hydrogen-bond acceptors (Lipinski definition) is 5. The fraction of sp³-hybridized carbons (Fsp3) is 0.111. The van der Waals surface area contributed by atoms with Crippen LogP contribution in [0.2, 0.25) is 0 Å². The summed E-state index contributed by atoms with van der Waals surface area (Å²) >= 11 is 0.989. The standard InChI is InChI=1S/C18H17N3O3S2/c1-2-19-17(22)16-12-20-18(25-16)21-26(23,24)15-10-8-14(9-11-15)13-6-4-3-5-7-13/h3-12H,2H2,1H3,(H,19,22)(H,20,21). The zero-order valence-electron chi connectivity index (χ0n) is 14.0. The molecule has 0 saturated heterocycles. The summed E-state index contributed by atoms with van der Waals surface area (Å²) in [6, 6.07) is 16.3. The van der Waals surface area contributed by atoms with Crippen LogP contribution >= 0.6 is 11.3 Å².